The lowest BCUT2D eigenvalue weighted by atomic mass is 10.1. The third-order valence-corrected chi connectivity index (χ3v) is 5.46. The van der Waals surface area contributed by atoms with Gasteiger partial charge in [-0.1, -0.05) is 35.5 Å². The topological polar surface area (TPSA) is 68.7 Å². The molecule has 1 saturated heterocycles. The average Bonchev–Trinajstić information content (AvgIpc) is 3.32. The molecule has 29 heavy (non-hydrogen) atoms. The van der Waals surface area contributed by atoms with Crippen molar-refractivity contribution in [1.29, 1.82) is 0 Å². The zero-order valence-corrected chi connectivity index (χ0v) is 16.6. The molecule has 0 spiro atoms. The maximum atomic E-state index is 6.00. The van der Waals surface area contributed by atoms with Gasteiger partial charge in [-0.05, 0) is 31.5 Å². The van der Waals surface area contributed by atoms with E-state index in [1.165, 1.54) is 0 Å². The molecule has 7 heteroatoms. The zero-order valence-electron chi connectivity index (χ0n) is 16.6. The lowest BCUT2D eigenvalue weighted by Crippen LogP contribution is -2.38. The Bertz CT molecular complexity index is 1120. The molecule has 0 N–H and O–H groups in total. The Kier molecular flexibility index (Phi) is 4.61. The van der Waals surface area contributed by atoms with Crippen molar-refractivity contribution in [3.8, 4) is 11.1 Å². The molecule has 1 aromatic carbocycles. The number of aromatic nitrogens is 4. The van der Waals surface area contributed by atoms with Crippen LogP contribution in [0.25, 0.3) is 16.8 Å². The molecule has 0 bridgehead atoms. The Morgan fingerprint density at radius 3 is 2.72 bits per heavy atom. The number of hydrogen-bond donors (Lipinski definition) is 0. The number of pyridine rings is 1. The molecule has 1 atom stereocenters. The number of fused-ring (bicyclic) bond motifs is 1. The van der Waals surface area contributed by atoms with E-state index in [1.54, 1.807) is 0 Å². The summed E-state index contributed by atoms with van der Waals surface area (Å²) >= 11 is 0. The van der Waals surface area contributed by atoms with E-state index >= 15 is 0 Å². The monoisotopic (exact) mass is 389 g/mol. The summed E-state index contributed by atoms with van der Waals surface area (Å²) in [6.45, 7) is 7.00. The minimum atomic E-state index is -0.149. The maximum absolute atomic E-state index is 6.00. The Morgan fingerprint density at radius 1 is 1.07 bits per heavy atom. The van der Waals surface area contributed by atoms with Crippen molar-refractivity contribution in [3.05, 3.63) is 71.5 Å². The highest BCUT2D eigenvalue weighted by atomic mass is 16.5. The summed E-state index contributed by atoms with van der Waals surface area (Å²) in [5.41, 5.74) is 5.20. The minimum Gasteiger partial charge on any atom is -0.367 e. The smallest absolute Gasteiger partial charge is 0.181 e. The maximum Gasteiger partial charge on any atom is 0.181 e. The summed E-state index contributed by atoms with van der Waals surface area (Å²) in [5.74, 6) is 1.60. The van der Waals surface area contributed by atoms with Crippen LogP contribution in [0.2, 0.25) is 0 Å². The highest BCUT2D eigenvalue weighted by Gasteiger charge is 2.27. The highest BCUT2D eigenvalue weighted by Crippen LogP contribution is 2.24. The molecule has 4 aromatic rings. The van der Waals surface area contributed by atoms with Crippen LogP contribution in [-0.2, 0) is 11.3 Å². The van der Waals surface area contributed by atoms with Crippen LogP contribution in [0.4, 0.5) is 0 Å². The predicted octanol–water partition coefficient (Wildman–Crippen LogP) is 3.57. The first kappa shape index (κ1) is 18.0. The van der Waals surface area contributed by atoms with Gasteiger partial charge >= 0.3 is 0 Å². The normalized spacial score (nSPS) is 17.8. The van der Waals surface area contributed by atoms with Gasteiger partial charge in [-0.2, -0.15) is 0 Å². The van der Waals surface area contributed by atoms with Gasteiger partial charge in [0.1, 0.15) is 11.9 Å². The van der Waals surface area contributed by atoms with E-state index in [2.05, 4.69) is 28.3 Å². The summed E-state index contributed by atoms with van der Waals surface area (Å²) in [4.78, 5) is 7.06. The first-order chi connectivity index (χ1) is 14.2. The quantitative estimate of drug-likeness (QED) is 0.531. The fourth-order valence-corrected chi connectivity index (χ4v) is 3.79. The molecule has 1 aliphatic rings. The van der Waals surface area contributed by atoms with Gasteiger partial charge in [-0.25, -0.2) is 9.50 Å². The summed E-state index contributed by atoms with van der Waals surface area (Å²) in [7, 11) is 0. The van der Waals surface area contributed by atoms with Gasteiger partial charge in [-0.3, -0.25) is 4.90 Å². The number of ether oxygens (including phenoxy) is 1. The number of aryl methyl sites for hydroxylation is 2. The molecule has 0 unspecified atom stereocenters. The molecule has 1 aliphatic heterocycles. The largest absolute Gasteiger partial charge is 0.367 e. The second-order valence-corrected chi connectivity index (χ2v) is 7.45. The van der Waals surface area contributed by atoms with Gasteiger partial charge in [0, 0.05) is 37.0 Å². The van der Waals surface area contributed by atoms with Crippen LogP contribution in [0.1, 0.15) is 28.9 Å². The van der Waals surface area contributed by atoms with Crippen molar-refractivity contribution < 1.29 is 9.26 Å². The van der Waals surface area contributed by atoms with E-state index in [0.29, 0.717) is 6.61 Å². The molecular formula is C22H23N5O2. The second-order valence-electron chi connectivity index (χ2n) is 7.45. The van der Waals surface area contributed by atoms with Gasteiger partial charge in [-0.15, -0.1) is 5.10 Å². The van der Waals surface area contributed by atoms with E-state index < -0.39 is 0 Å². The first-order valence-corrected chi connectivity index (χ1v) is 9.85. The van der Waals surface area contributed by atoms with Crippen molar-refractivity contribution >= 4 is 5.65 Å². The van der Waals surface area contributed by atoms with Crippen LogP contribution in [0, 0.1) is 13.8 Å². The van der Waals surface area contributed by atoms with Crippen molar-refractivity contribution in [2.45, 2.75) is 26.5 Å². The lowest BCUT2D eigenvalue weighted by Gasteiger charge is -2.31. The highest BCUT2D eigenvalue weighted by molar-refractivity contribution is 5.64. The van der Waals surface area contributed by atoms with Gasteiger partial charge in [0.05, 0.1) is 12.3 Å². The van der Waals surface area contributed by atoms with Gasteiger partial charge in [0.2, 0.25) is 0 Å². The lowest BCUT2D eigenvalue weighted by molar-refractivity contribution is -0.0372. The van der Waals surface area contributed by atoms with E-state index in [0.717, 1.165) is 59.3 Å². The van der Waals surface area contributed by atoms with Crippen LogP contribution in [0.3, 0.4) is 0 Å². The molecule has 3 aromatic heterocycles. The fourth-order valence-electron chi connectivity index (χ4n) is 3.79. The molecule has 148 valence electrons. The number of benzene rings is 1. The van der Waals surface area contributed by atoms with E-state index in [-0.39, 0.29) is 6.10 Å². The molecule has 4 heterocycles. The standard InChI is InChI=1S/C22H23N5O2/c1-15-19(16(2)29-25-15)13-26-10-11-28-20(14-26)22-23-21-9-8-18(12-27(21)24-22)17-6-4-3-5-7-17/h3-9,12,20H,10-11,13-14H2,1-2H3/t20-/m1/s1. The fraction of sp³-hybridized carbons (Fsp3) is 0.318. The Hall–Kier alpha value is -3.03. The number of morpholine rings is 1. The molecular weight excluding hydrogens is 366 g/mol. The third kappa shape index (κ3) is 3.54. The number of nitrogens with zero attached hydrogens (tertiary/aromatic N) is 5. The van der Waals surface area contributed by atoms with E-state index in [4.69, 9.17) is 19.3 Å². The van der Waals surface area contributed by atoms with Crippen LogP contribution in [0.15, 0.2) is 53.2 Å². The molecule has 1 fully saturated rings. The van der Waals surface area contributed by atoms with Crippen LogP contribution >= 0.6 is 0 Å². The van der Waals surface area contributed by atoms with Crippen LogP contribution in [-0.4, -0.2) is 44.4 Å². The Morgan fingerprint density at radius 2 is 1.93 bits per heavy atom. The van der Waals surface area contributed by atoms with Gasteiger partial charge < -0.3 is 9.26 Å². The van der Waals surface area contributed by atoms with E-state index in [1.807, 2.05) is 48.8 Å². The third-order valence-electron chi connectivity index (χ3n) is 5.46. The number of hydrogen-bond acceptors (Lipinski definition) is 6. The molecule has 7 nitrogen and oxygen atoms in total. The molecule has 0 saturated carbocycles. The molecule has 0 amide bonds. The summed E-state index contributed by atoms with van der Waals surface area (Å²) in [5, 5.41) is 8.77. The average molecular weight is 389 g/mol. The van der Waals surface area contributed by atoms with Crippen molar-refractivity contribution in [2.75, 3.05) is 19.7 Å². The minimum absolute atomic E-state index is 0.149. The Balaban J connectivity index is 1.37. The summed E-state index contributed by atoms with van der Waals surface area (Å²) in [6.07, 6.45) is 1.87. The summed E-state index contributed by atoms with van der Waals surface area (Å²) < 4.78 is 13.1. The SMILES string of the molecule is Cc1noc(C)c1CN1CCO[C@@H](c2nc3ccc(-c4ccccc4)cn3n2)C1. The second kappa shape index (κ2) is 7.42. The van der Waals surface area contributed by atoms with Gasteiger partial charge in [0.25, 0.3) is 0 Å². The zero-order chi connectivity index (χ0) is 19.8. The van der Waals surface area contributed by atoms with Crippen LogP contribution in [0.5, 0.6) is 0 Å². The van der Waals surface area contributed by atoms with Crippen molar-refractivity contribution in [2.24, 2.45) is 0 Å². The van der Waals surface area contributed by atoms with Crippen LogP contribution < -0.4 is 0 Å². The molecule has 0 radical (unpaired) electrons. The Labute approximate surface area is 168 Å². The number of rotatable bonds is 4. The van der Waals surface area contributed by atoms with E-state index in [9.17, 15) is 0 Å². The first-order valence-electron chi connectivity index (χ1n) is 9.85. The molecule has 5 rings (SSSR count). The van der Waals surface area contributed by atoms with Crippen molar-refractivity contribution in [1.82, 2.24) is 24.7 Å². The van der Waals surface area contributed by atoms with Gasteiger partial charge in [0.15, 0.2) is 11.5 Å². The predicted molar refractivity (Wildman–Crippen MR) is 108 cm³/mol. The van der Waals surface area contributed by atoms with Crippen molar-refractivity contribution in [3.63, 3.8) is 0 Å². The summed E-state index contributed by atoms with van der Waals surface area (Å²) in [6, 6.07) is 14.4. The molecule has 0 aliphatic carbocycles.